The second-order valence-electron chi connectivity index (χ2n) is 5.29. The Balaban J connectivity index is 2.92. The topological polar surface area (TPSA) is 46.5 Å². The molecule has 1 aromatic rings. The molecule has 1 atom stereocenters. The molecule has 1 unspecified atom stereocenters. The summed E-state index contributed by atoms with van der Waals surface area (Å²) < 4.78 is 5.72. The number of ether oxygens (including phenoxy) is 1. The predicted octanol–water partition coefficient (Wildman–Crippen LogP) is 3.09. The van der Waals surface area contributed by atoms with Gasteiger partial charge in [0.05, 0.1) is 6.42 Å². The quantitative estimate of drug-likeness (QED) is 0.648. The summed E-state index contributed by atoms with van der Waals surface area (Å²) in [4.78, 5) is 10.9. The van der Waals surface area contributed by atoms with Crippen molar-refractivity contribution in [2.75, 3.05) is 0 Å². The summed E-state index contributed by atoms with van der Waals surface area (Å²) in [6, 6.07) is 5.96. The van der Waals surface area contributed by atoms with Gasteiger partial charge in [-0.2, -0.15) is 0 Å². The van der Waals surface area contributed by atoms with E-state index in [-0.39, 0.29) is 11.5 Å². The van der Waals surface area contributed by atoms with Crippen molar-refractivity contribution in [2.45, 2.75) is 45.8 Å². The Kier molecular flexibility index (Phi) is 5.74. The minimum Gasteiger partial charge on any atom is -0.474 e. The highest BCUT2D eigenvalue weighted by molar-refractivity contribution is 7.96. The lowest BCUT2D eigenvalue weighted by molar-refractivity contribution is -0.112. The average Bonchev–Trinajstić information content (AvgIpc) is 2.30. The number of aryl methyl sites for hydroxylation is 1. The molecule has 0 aliphatic carbocycles. The lowest BCUT2D eigenvalue weighted by Gasteiger charge is -2.30. The van der Waals surface area contributed by atoms with Crippen molar-refractivity contribution in [1.29, 1.82) is 0 Å². The van der Waals surface area contributed by atoms with Gasteiger partial charge >= 0.3 is 0 Å². The zero-order chi connectivity index (χ0) is 15.5. The Morgan fingerprint density at radius 1 is 1.45 bits per heavy atom. The van der Waals surface area contributed by atoms with Gasteiger partial charge in [0, 0.05) is 0 Å². The predicted molar refractivity (Wildman–Crippen MR) is 87.2 cm³/mol. The number of carbonyl (C=O) groups is 1. The van der Waals surface area contributed by atoms with Crippen LogP contribution < -0.4 is 0 Å². The van der Waals surface area contributed by atoms with E-state index in [1.165, 1.54) is 0 Å². The summed E-state index contributed by atoms with van der Waals surface area (Å²) in [6.07, 6.45) is -1.26. The first kappa shape index (κ1) is 17.1. The standard InChI is InChI=1S/C15H20O3S2/c1-9-6-5-7-11(10(9)2)15(3,4)18-14(20)12(16)8-13(17)19/h5-7,12,16H,8H2,1-4H3,(H,17,19). The SMILES string of the molecule is Cc1cccc(C(C)(C)OC(=S)C(O)CC(=O)S)c1C. The maximum atomic E-state index is 10.9. The van der Waals surface area contributed by atoms with Crippen molar-refractivity contribution < 1.29 is 14.6 Å². The number of hydrogen-bond donors (Lipinski definition) is 2. The molecular formula is C15H20O3S2. The van der Waals surface area contributed by atoms with E-state index in [1.54, 1.807) is 0 Å². The molecule has 1 aromatic carbocycles. The van der Waals surface area contributed by atoms with Crippen LogP contribution in [0.5, 0.6) is 0 Å². The van der Waals surface area contributed by atoms with Crippen LogP contribution in [-0.4, -0.2) is 21.4 Å². The van der Waals surface area contributed by atoms with Crippen molar-refractivity contribution in [1.82, 2.24) is 0 Å². The van der Waals surface area contributed by atoms with E-state index < -0.39 is 16.8 Å². The molecule has 1 N–H and O–H groups in total. The van der Waals surface area contributed by atoms with E-state index in [0.29, 0.717) is 0 Å². The normalized spacial score (nSPS) is 12.9. The van der Waals surface area contributed by atoms with E-state index >= 15 is 0 Å². The van der Waals surface area contributed by atoms with Gasteiger partial charge in [0.15, 0.2) is 10.2 Å². The summed E-state index contributed by atoms with van der Waals surface area (Å²) in [5, 5.41) is 9.38. The molecule has 0 fully saturated rings. The van der Waals surface area contributed by atoms with Crippen LogP contribution in [-0.2, 0) is 15.1 Å². The molecule has 110 valence electrons. The van der Waals surface area contributed by atoms with E-state index in [4.69, 9.17) is 17.0 Å². The van der Waals surface area contributed by atoms with Crippen LogP contribution >= 0.6 is 24.8 Å². The van der Waals surface area contributed by atoms with Crippen molar-refractivity contribution in [3.05, 3.63) is 34.9 Å². The Labute approximate surface area is 130 Å². The molecule has 0 saturated carbocycles. The second kappa shape index (κ2) is 6.70. The van der Waals surface area contributed by atoms with Gasteiger partial charge < -0.3 is 9.84 Å². The minimum absolute atomic E-state index is 0.0123. The smallest absolute Gasteiger partial charge is 0.190 e. The number of carbonyl (C=O) groups excluding carboxylic acids is 1. The Bertz CT molecular complexity index is 524. The van der Waals surface area contributed by atoms with Crippen LogP contribution in [0.15, 0.2) is 18.2 Å². The third-order valence-electron chi connectivity index (χ3n) is 3.25. The van der Waals surface area contributed by atoms with Crippen LogP contribution in [0.1, 0.15) is 37.0 Å². The monoisotopic (exact) mass is 312 g/mol. The van der Waals surface area contributed by atoms with Crippen LogP contribution in [0.3, 0.4) is 0 Å². The highest BCUT2D eigenvalue weighted by atomic mass is 32.1. The van der Waals surface area contributed by atoms with Gasteiger partial charge in [-0.3, -0.25) is 4.79 Å². The van der Waals surface area contributed by atoms with Crippen molar-refractivity contribution >= 4 is 35.0 Å². The molecule has 0 bridgehead atoms. The fourth-order valence-corrected chi connectivity index (χ4v) is 2.49. The van der Waals surface area contributed by atoms with Gasteiger partial charge in [0.2, 0.25) is 0 Å². The van der Waals surface area contributed by atoms with Crippen LogP contribution in [0.4, 0.5) is 0 Å². The summed E-state index contributed by atoms with van der Waals surface area (Å²) in [7, 11) is 0. The lowest BCUT2D eigenvalue weighted by Crippen LogP contribution is -2.32. The van der Waals surface area contributed by atoms with Gasteiger partial charge in [-0.25, -0.2) is 0 Å². The first-order valence-electron chi connectivity index (χ1n) is 6.34. The maximum absolute atomic E-state index is 10.9. The van der Waals surface area contributed by atoms with E-state index in [0.717, 1.165) is 16.7 Å². The molecule has 1 rings (SSSR count). The van der Waals surface area contributed by atoms with Gasteiger partial charge in [0.1, 0.15) is 11.7 Å². The Morgan fingerprint density at radius 3 is 2.60 bits per heavy atom. The molecular weight excluding hydrogens is 292 g/mol. The molecule has 3 nitrogen and oxygen atoms in total. The number of thiocarbonyl (C=S) groups is 1. The van der Waals surface area contributed by atoms with Crippen molar-refractivity contribution in [3.8, 4) is 0 Å². The Hall–Kier alpha value is -0.910. The highest BCUT2D eigenvalue weighted by Crippen LogP contribution is 2.30. The third-order valence-corrected chi connectivity index (χ3v) is 3.79. The van der Waals surface area contributed by atoms with Gasteiger partial charge in [0.25, 0.3) is 0 Å². The second-order valence-corrected chi connectivity index (χ2v) is 6.19. The summed E-state index contributed by atoms with van der Waals surface area (Å²) in [5.74, 6) is 0. The van der Waals surface area contributed by atoms with Crippen LogP contribution in [0.25, 0.3) is 0 Å². The first-order chi connectivity index (χ1) is 9.15. The number of aliphatic hydroxyl groups excluding tert-OH is 1. The van der Waals surface area contributed by atoms with E-state index in [1.807, 2.05) is 45.9 Å². The molecule has 0 aliphatic rings. The Morgan fingerprint density at radius 2 is 2.05 bits per heavy atom. The first-order valence-corrected chi connectivity index (χ1v) is 7.20. The molecule has 0 saturated heterocycles. The fraction of sp³-hybridized carbons (Fsp3) is 0.467. The number of hydrogen-bond acceptors (Lipinski definition) is 4. The van der Waals surface area contributed by atoms with Crippen LogP contribution in [0, 0.1) is 13.8 Å². The largest absolute Gasteiger partial charge is 0.474 e. The number of thiol groups is 1. The van der Waals surface area contributed by atoms with Crippen molar-refractivity contribution in [3.63, 3.8) is 0 Å². The zero-order valence-corrected chi connectivity index (χ0v) is 13.8. The fourth-order valence-electron chi connectivity index (χ4n) is 2.03. The number of benzene rings is 1. The van der Waals surface area contributed by atoms with E-state index in [2.05, 4.69) is 12.6 Å². The average molecular weight is 312 g/mol. The molecule has 5 heteroatoms. The van der Waals surface area contributed by atoms with E-state index in [9.17, 15) is 9.90 Å². The molecule has 0 aromatic heterocycles. The number of rotatable bonds is 5. The molecule has 0 radical (unpaired) electrons. The van der Waals surface area contributed by atoms with Gasteiger partial charge in [-0.05, 0) is 56.6 Å². The number of aliphatic hydroxyl groups is 1. The van der Waals surface area contributed by atoms with Gasteiger partial charge in [-0.15, -0.1) is 12.6 Å². The lowest BCUT2D eigenvalue weighted by atomic mass is 9.91. The third kappa shape index (κ3) is 4.30. The van der Waals surface area contributed by atoms with Crippen LogP contribution in [0.2, 0.25) is 0 Å². The maximum Gasteiger partial charge on any atom is 0.190 e. The molecule has 0 spiro atoms. The molecule has 0 amide bonds. The van der Waals surface area contributed by atoms with Crippen molar-refractivity contribution in [2.24, 2.45) is 0 Å². The minimum atomic E-state index is -1.11. The zero-order valence-electron chi connectivity index (χ0n) is 12.1. The molecule has 0 heterocycles. The highest BCUT2D eigenvalue weighted by Gasteiger charge is 2.28. The molecule has 0 aliphatic heterocycles. The summed E-state index contributed by atoms with van der Waals surface area (Å²) >= 11 is 8.69. The summed E-state index contributed by atoms with van der Waals surface area (Å²) in [6.45, 7) is 7.82. The van der Waals surface area contributed by atoms with Gasteiger partial charge in [-0.1, -0.05) is 18.2 Å². The molecule has 20 heavy (non-hydrogen) atoms. The summed E-state index contributed by atoms with van der Waals surface area (Å²) in [5.41, 5.74) is 2.62.